The molecule has 1 N–H and O–H groups in total. The van der Waals surface area contributed by atoms with E-state index in [1.54, 1.807) is 0 Å². The van der Waals surface area contributed by atoms with Crippen LogP contribution in [0.3, 0.4) is 0 Å². The zero-order chi connectivity index (χ0) is 18.7. The number of aromatic amines is 1. The Morgan fingerprint density at radius 1 is 1.23 bits per heavy atom. The molecule has 4 nitrogen and oxygen atoms in total. The van der Waals surface area contributed by atoms with E-state index in [1.165, 1.54) is 0 Å². The van der Waals surface area contributed by atoms with Crippen LogP contribution in [0, 0.1) is 11.3 Å². The number of hydrogen-bond donors (Lipinski definition) is 0. The number of nitrogens with zero attached hydrogens (tertiary/aromatic N) is 2. The number of unbranched alkanes of at least 4 members (excludes halogenated alkanes) is 1. The average Bonchev–Trinajstić information content (AvgIpc) is 2.64. The molecule has 0 spiro atoms. The standard InChI is InChI=1S/C22H27N3O/c1-5-6-12-25(4)21-18(14-23)17-13-22(2,3)26-15-19(17)20(24-21)16-10-8-7-9-11-16/h7-11H,5-6,12-13,15H2,1-4H3/p+1. The quantitative estimate of drug-likeness (QED) is 0.815. The molecule has 1 aromatic carbocycles. The van der Waals surface area contributed by atoms with Crippen molar-refractivity contribution in [3.63, 3.8) is 0 Å². The highest BCUT2D eigenvalue weighted by Crippen LogP contribution is 2.36. The van der Waals surface area contributed by atoms with Crippen molar-refractivity contribution in [3.05, 3.63) is 47.0 Å². The second-order valence-corrected chi connectivity index (χ2v) is 7.66. The molecule has 0 saturated carbocycles. The van der Waals surface area contributed by atoms with Crippen LogP contribution in [0.15, 0.2) is 30.3 Å². The third-order valence-corrected chi connectivity index (χ3v) is 5.06. The summed E-state index contributed by atoms with van der Waals surface area (Å²) in [6, 6.07) is 12.8. The molecule has 0 radical (unpaired) electrons. The van der Waals surface area contributed by atoms with Crippen molar-refractivity contribution < 1.29 is 9.72 Å². The Kier molecular flexibility index (Phi) is 5.29. The van der Waals surface area contributed by atoms with Crippen LogP contribution < -0.4 is 9.88 Å². The number of aromatic nitrogens is 1. The van der Waals surface area contributed by atoms with Gasteiger partial charge in [0.05, 0.1) is 25.8 Å². The van der Waals surface area contributed by atoms with Gasteiger partial charge in [-0.25, -0.2) is 4.98 Å². The third kappa shape index (κ3) is 3.59. The summed E-state index contributed by atoms with van der Waals surface area (Å²) in [6.45, 7) is 7.82. The maximum absolute atomic E-state index is 9.94. The Labute approximate surface area is 156 Å². The summed E-state index contributed by atoms with van der Waals surface area (Å²) in [5, 5.41) is 9.94. The minimum Gasteiger partial charge on any atom is -0.370 e. The number of nitrogens with one attached hydrogen (secondary N) is 1. The number of H-pyrrole nitrogens is 1. The second kappa shape index (κ2) is 7.47. The van der Waals surface area contributed by atoms with Crippen molar-refractivity contribution in [1.82, 2.24) is 0 Å². The van der Waals surface area contributed by atoms with Gasteiger partial charge in [-0.1, -0.05) is 43.7 Å². The predicted octanol–water partition coefficient (Wildman–Crippen LogP) is 4.13. The Morgan fingerprint density at radius 2 is 1.96 bits per heavy atom. The number of nitriles is 1. The van der Waals surface area contributed by atoms with Gasteiger partial charge in [-0.05, 0) is 25.8 Å². The molecule has 136 valence electrons. The van der Waals surface area contributed by atoms with Crippen LogP contribution in [-0.4, -0.2) is 19.2 Å². The number of anilines is 1. The maximum atomic E-state index is 9.94. The van der Waals surface area contributed by atoms with E-state index < -0.39 is 0 Å². The molecular weight excluding hydrogens is 322 g/mol. The molecule has 0 amide bonds. The Bertz CT molecular complexity index is 822. The van der Waals surface area contributed by atoms with E-state index in [2.05, 4.69) is 55.9 Å². The molecule has 0 atom stereocenters. The van der Waals surface area contributed by atoms with Crippen molar-refractivity contribution >= 4 is 5.82 Å². The van der Waals surface area contributed by atoms with Gasteiger partial charge in [-0.2, -0.15) is 5.26 Å². The largest absolute Gasteiger partial charge is 0.370 e. The minimum absolute atomic E-state index is 0.257. The molecule has 2 aromatic rings. The zero-order valence-corrected chi connectivity index (χ0v) is 16.2. The van der Waals surface area contributed by atoms with E-state index in [-0.39, 0.29) is 5.60 Å². The molecule has 0 unspecified atom stereocenters. The van der Waals surface area contributed by atoms with Crippen molar-refractivity contribution in [3.8, 4) is 17.3 Å². The number of benzene rings is 1. The van der Waals surface area contributed by atoms with Crippen LogP contribution in [0.2, 0.25) is 0 Å². The number of hydrogen-bond acceptors (Lipinski definition) is 3. The molecule has 2 heterocycles. The Balaban J connectivity index is 2.21. The van der Waals surface area contributed by atoms with Crippen molar-refractivity contribution in [1.29, 1.82) is 5.26 Å². The predicted molar refractivity (Wildman–Crippen MR) is 104 cm³/mol. The number of pyridine rings is 1. The van der Waals surface area contributed by atoms with Crippen LogP contribution >= 0.6 is 0 Å². The monoisotopic (exact) mass is 350 g/mol. The lowest BCUT2D eigenvalue weighted by atomic mass is 9.87. The van der Waals surface area contributed by atoms with Gasteiger partial charge in [0.1, 0.15) is 17.3 Å². The molecule has 3 rings (SSSR count). The van der Waals surface area contributed by atoms with E-state index in [0.717, 1.165) is 59.6 Å². The summed E-state index contributed by atoms with van der Waals surface area (Å²) in [7, 11) is 2.06. The lowest BCUT2D eigenvalue weighted by Crippen LogP contribution is -2.37. The van der Waals surface area contributed by atoms with E-state index in [4.69, 9.17) is 4.74 Å². The highest BCUT2D eigenvalue weighted by Gasteiger charge is 2.35. The second-order valence-electron chi connectivity index (χ2n) is 7.66. The lowest BCUT2D eigenvalue weighted by Gasteiger charge is -2.33. The van der Waals surface area contributed by atoms with Crippen molar-refractivity contribution in [2.24, 2.45) is 0 Å². The van der Waals surface area contributed by atoms with Crippen molar-refractivity contribution in [2.75, 3.05) is 18.5 Å². The number of rotatable bonds is 5. The molecular formula is C22H28N3O+. The Hall–Kier alpha value is -2.38. The summed E-state index contributed by atoms with van der Waals surface area (Å²) in [5.74, 6) is 0.913. The molecule has 1 aliphatic rings. The van der Waals surface area contributed by atoms with Gasteiger partial charge in [0, 0.05) is 17.5 Å². The van der Waals surface area contributed by atoms with Gasteiger partial charge >= 0.3 is 0 Å². The van der Waals surface area contributed by atoms with Crippen LogP contribution in [-0.2, 0) is 17.8 Å². The average molecular weight is 350 g/mol. The first-order valence-electron chi connectivity index (χ1n) is 9.38. The topological polar surface area (TPSA) is 50.4 Å². The summed E-state index contributed by atoms with van der Waals surface area (Å²) in [4.78, 5) is 5.75. The zero-order valence-electron chi connectivity index (χ0n) is 16.2. The first kappa shape index (κ1) is 18.4. The van der Waals surface area contributed by atoms with Gasteiger partial charge in [0.15, 0.2) is 0 Å². The fraction of sp³-hybridized carbons (Fsp3) is 0.455. The molecule has 0 bridgehead atoms. The highest BCUT2D eigenvalue weighted by molar-refractivity contribution is 5.68. The van der Waals surface area contributed by atoms with E-state index in [9.17, 15) is 5.26 Å². The first-order chi connectivity index (χ1) is 12.5. The molecule has 0 saturated heterocycles. The third-order valence-electron chi connectivity index (χ3n) is 5.06. The smallest absolute Gasteiger partial charge is 0.293 e. The molecule has 0 aliphatic carbocycles. The molecule has 1 aromatic heterocycles. The summed E-state index contributed by atoms with van der Waals surface area (Å²) >= 11 is 0. The number of ether oxygens (including phenoxy) is 1. The van der Waals surface area contributed by atoms with Crippen LogP contribution in [0.1, 0.15) is 50.3 Å². The summed E-state index contributed by atoms with van der Waals surface area (Å²) in [6.07, 6.45) is 2.97. The Morgan fingerprint density at radius 3 is 2.62 bits per heavy atom. The molecule has 0 fully saturated rings. The lowest BCUT2D eigenvalue weighted by molar-refractivity contribution is -0.352. The van der Waals surface area contributed by atoms with Crippen molar-refractivity contribution in [2.45, 2.75) is 52.2 Å². The van der Waals surface area contributed by atoms with Gasteiger partial charge in [0.2, 0.25) is 0 Å². The molecule has 4 heteroatoms. The van der Waals surface area contributed by atoms with Gasteiger partial charge in [-0.3, -0.25) is 4.90 Å². The fourth-order valence-corrected chi connectivity index (χ4v) is 3.56. The summed E-state index contributed by atoms with van der Waals surface area (Å²) < 4.78 is 6.08. The first-order valence-corrected chi connectivity index (χ1v) is 9.38. The van der Waals surface area contributed by atoms with E-state index in [0.29, 0.717) is 6.61 Å². The fourth-order valence-electron chi connectivity index (χ4n) is 3.56. The summed E-state index contributed by atoms with van der Waals surface area (Å²) in [5.41, 5.74) is 4.93. The van der Waals surface area contributed by atoms with Crippen LogP contribution in [0.4, 0.5) is 5.82 Å². The molecule has 1 aliphatic heterocycles. The van der Waals surface area contributed by atoms with Crippen LogP contribution in [0.25, 0.3) is 11.3 Å². The highest BCUT2D eigenvalue weighted by atomic mass is 16.5. The van der Waals surface area contributed by atoms with E-state index in [1.807, 2.05) is 18.2 Å². The van der Waals surface area contributed by atoms with E-state index >= 15 is 0 Å². The van der Waals surface area contributed by atoms with Gasteiger partial charge in [0.25, 0.3) is 5.82 Å². The van der Waals surface area contributed by atoms with Gasteiger partial charge in [-0.15, -0.1) is 0 Å². The van der Waals surface area contributed by atoms with Gasteiger partial charge < -0.3 is 4.74 Å². The molecule has 26 heavy (non-hydrogen) atoms. The van der Waals surface area contributed by atoms with Crippen LogP contribution in [0.5, 0.6) is 0 Å². The number of fused-ring (bicyclic) bond motifs is 1. The normalized spacial score (nSPS) is 15.2. The SMILES string of the molecule is CCCCN(C)c1[nH+]c(-c2ccccc2)c2c(c1C#N)CC(C)(C)OC2. The maximum Gasteiger partial charge on any atom is 0.293 e. The minimum atomic E-state index is -0.257.